The fourth-order valence-electron chi connectivity index (χ4n) is 4.34. The zero-order valence-electron chi connectivity index (χ0n) is 20.1. The first-order valence-electron chi connectivity index (χ1n) is 10.9. The van der Waals surface area contributed by atoms with E-state index in [-0.39, 0.29) is 52.0 Å². The van der Waals surface area contributed by atoms with E-state index in [1.165, 1.54) is 46.3 Å². The Morgan fingerprint density at radius 2 is 1.74 bits per heavy atom. The molecule has 2 aromatic carbocycles. The van der Waals surface area contributed by atoms with Gasteiger partial charge in [0.15, 0.2) is 11.5 Å². The van der Waals surface area contributed by atoms with E-state index >= 15 is 0 Å². The lowest BCUT2D eigenvalue weighted by Gasteiger charge is -2.28. The number of methoxy groups -OCH3 is 2. The third-order valence-electron chi connectivity index (χ3n) is 6.04. The summed E-state index contributed by atoms with van der Waals surface area (Å²) in [5.74, 6) is -1.21. The summed E-state index contributed by atoms with van der Waals surface area (Å²) < 4.78 is 22.3. The molecule has 2 atom stereocenters. The van der Waals surface area contributed by atoms with Gasteiger partial charge in [-0.25, -0.2) is 4.79 Å². The molecule has 0 bridgehead atoms. The van der Waals surface area contributed by atoms with Crippen molar-refractivity contribution < 1.29 is 33.3 Å². The number of rotatable bonds is 8. The van der Waals surface area contributed by atoms with E-state index in [1.807, 2.05) is 11.9 Å². The van der Waals surface area contributed by atoms with Crippen LogP contribution in [0.5, 0.6) is 17.2 Å². The zero-order chi connectivity index (χ0) is 25.9. The summed E-state index contributed by atoms with van der Waals surface area (Å²) in [6.45, 7) is 3.52. The van der Waals surface area contributed by atoms with Gasteiger partial charge in [0.2, 0.25) is 0 Å². The molecule has 0 amide bonds. The van der Waals surface area contributed by atoms with Crippen LogP contribution < -0.4 is 14.2 Å². The Hall–Kier alpha value is -2.81. The zero-order valence-corrected chi connectivity index (χ0v) is 21.7. The van der Waals surface area contributed by atoms with Gasteiger partial charge in [-0.3, -0.25) is 14.5 Å². The maximum absolute atomic E-state index is 13.2. The van der Waals surface area contributed by atoms with E-state index in [4.69, 9.17) is 42.1 Å². The van der Waals surface area contributed by atoms with Crippen molar-refractivity contribution in [1.82, 2.24) is 4.90 Å². The second-order valence-corrected chi connectivity index (χ2v) is 9.06. The van der Waals surface area contributed by atoms with Gasteiger partial charge in [0, 0.05) is 29.5 Å². The van der Waals surface area contributed by atoms with E-state index in [0.29, 0.717) is 29.3 Å². The maximum atomic E-state index is 13.2. The van der Waals surface area contributed by atoms with Crippen molar-refractivity contribution in [2.24, 2.45) is 0 Å². The van der Waals surface area contributed by atoms with E-state index in [1.54, 1.807) is 6.07 Å². The number of halogens is 2. The van der Waals surface area contributed by atoms with Crippen molar-refractivity contribution in [1.29, 1.82) is 0 Å². The lowest BCUT2D eigenvalue weighted by molar-refractivity contribution is -0.142. The third-order valence-corrected chi connectivity index (χ3v) is 6.58. The number of hydrogen-bond donors (Lipinski definition) is 0. The first-order valence-corrected chi connectivity index (χ1v) is 11.6. The highest BCUT2D eigenvalue weighted by Gasteiger charge is 2.40. The normalized spacial score (nSPS) is 17.7. The van der Waals surface area contributed by atoms with Gasteiger partial charge in [0.05, 0.1) is 30.8 Å². The van der Waals surface area contributed by atoms with E-state index < -0.39 is 11.9 Å². The molecule has 8 nitrogen and oxygen atoms in total. The SMILES string of the molecule is COc1cc(OC)c([C@@H]2CCN(C)[C@H]2COC(C)=O)c(OC(=O)c2ccc(Cl)cc2Cl)c1C(C)=O. The quantitative estimate of drug-likeness (QED) is 0.277. The molecule has 1 aliphatic heterocycles. The minimum absolute atomic E-state index is 0.0258. The molecule has 0 unspecified atom stereocenters. The van der Waals surface area contributed by atoms with Crippen molar-refractivity contribution in [3.05, 3.63) is 51.0 Å². The summed E-state index contributed by atoms with van der Waals surface area (Å²) in [6.07, 6.45) is 0.648. The summed E-state index contributed by atoms with van der Waals surface area (Å²) in [7, 11) is 4.80. The molecule has 1 aliphatic rings. The Bertz CT molecular complexity index is 1150. The Morgan fingerprint density at radius 1 is 1.06 bits per heavy atom. The topological polar surface area (TPSA) is 91.4 Å². The molecule has 2 aromatic rings. The standard InChI is InChI=1S/C25H27Cl2NO7/c1-13(29)22-20(32-4)11-21(33-5)23(17-8-9-28(3)19(17)12-34-14(2)30)24(22)35-25(31)16-7-6-15(26)10-18(16)27/h6-7,10-11,17,19H,8-9,12H2,1-5H3/t17-,19+/m1/s1. The first-order chi connectivity index (χ1) is 16.6. The molecule has 0 radical (unpaired) electrons. The van der Waals surface area contributed by atoms with Crippen molar-refractivity contribution in [3.8, 4) is 17.2 Å². The molecule has 1 saturated heterocycles. The van der Waals surface area contributed by atoms with Gasteiger partial charge in [-0.1, -0.05) is 23.2 Å². The van der Waals surface area contributed by atoms with Gasteiger partial charge in [0.1, 0.15) is 23.7 Å². The molecular formula is C25H27Cl2NO7. The molecule has 10 heteroatoms. The average Bonchev–Trinajstić information content (AvgIpc) is 3.15. The van der Waals surface area contributed by atoms with E-state index in [0.717, 1.165) is 0 Å². The highest BCUT2D eigenvalue weighted by Crippen LogP contribution is 2.48. The number of ether oxygens (including phenoxy) is 4. The monoisotopic (exact) mass is 523 g/mol. The number of carbonyl (C=O) groups excluding carboxylic acids is 3. The summed E-state index contributed by atoms with van der Waals surface area (Å²) >= 11 is 12.2. The minimum Gasteiger partial charge on any atom is -0.496 e. The number of esters is 2. The number of nitrogens with zero attached hydrogens (tertiary/aromatic N) is 1. The smallest absolute Gasteiger partial charge is 0.345 e. The van der Waals surface area contributed by atoms with Crippen molar-refractivity contribution in [3.63, 3.8) is 0 Å². The number of benzene rings is 2. The van der Waals surface area contributed by atoms with Gasteiger partial charge < -0.3 is 18.9 Å². The molecular weight excluding hydrogens is 497 g/mol. The second-order valence-electron chi connectivity index (χ2n) is 8.21. The number of ketones is 1. The number of likely N-dealkylation sites (N-methyl/N-ethyl adjacent to an activating group) is 1. The lowest BCUT2D eigenvalue weighted by atomic mass is 9.87. The van der Waals surface area contributed by atoms with Crippen LogP contribution in [0.15, 0.2) is 24.3 Å². The Labute approximate surface area is 214 Å². The fourth-order valence-corrected chi connectivity index (χ4v) is 4.83. The highest BCUT2D eigenvalue weighted by molar-refractivity contribution is 6.36. The average molecular weight is 524 g/mol. The summed E-state index contributed by atoms with van der Waals surface area (Å²) in [6, 6.07) is 5.76. The van der Waals surface area contributed by atoms with Crippen LogP contribution in [-0.2, 0) is 9.53 Å². The minimum atomic E-state index is -0.770. The van der Waals surface area contributed by atoms with Crippen LogP contribution in [-0.4, -0.2) is 63.1 Å². The van der Waals surface area contributed by atoms with Gasteiger partial charge in [-0.05, 0) is 45.1 Å². The molecule has 0 saturated carbocycles. The molecule has 3 rings (SSSR count). The van der Waals surface area contributed by atoms with E-state index in [2.05, 4.69) is 0 Å². The fraction of sp³-hybridized carbons (Fsp3) is 0.400. The second kappa shape index (κ2) is 11.3. The molecule has 35 heavy (non-hydrogen) atoms. The van der Waals surface area contributed by atoms with Gasteiger partial charge in [0.25, 0.3) is 0 Å². The summed E-state index contributed by atoms with van der Waals surface area (Å²) in [5.41, 5.74) is 0.694. The largest absolute Gasteiger partial charge is 0.496 e. The van der Waals surface area contributed by atoms with Gasteiger partial charge in [-0.15, -0.1) is 0 Å². The predicted octanol–water partition coefficient (Wildman–Crippen LogP) is 4.78. The van der Waals surface area contributed by atoms with Crippen LogP contribution >= 0.6 is 23.2 Å². The van der Waals surface area contributed by atoms with E-state index in [9.17, 15) is 14.4 Å². The number of carbonyl (C=O) groups is 3. The third kappa shape index (κ3) is 5.72. The Balaban J connectivity index is 2.20. The molecule has 188 valence electrons. The molecule has 0 aliphatic carbocycles. The van der Waals surface area contributed by atoms with Crippen molar-refractivity contribution in [2.75, 3.05) is 34.4 Å². The highest BCUT2D eigenvalue weighted by atomic mass is 35.5. The van der Waals surface area contributed by atoms with Crippen LogP contribution in [0.4, 0.5) is 0 Å². The Kier molecular flexibility index (Phi) is 8.64. The molecule has 1 heterocycles. The predicted molar refractivity (Wildman–Crippen MR) is 131 cm³/mol. The summed E-state index contributed by atoms with van der Waals surface area (Å²) in [5, 5.41) is 0.471. The molecule has 0 spiro atoms. The number of hydrogen-bond acceptors (Lipinski definition) is 8. The van der Waals surface area contributed by atoms with Crippen LogP contribution in [0.25, 0.3) is 0 Å². The lowest BCUT2D eigenvalue weighted by Crippen LogP contribution is -2.34. The molecule has 0 aromatic heterocycles. The van der Waals surface area contributed by atoms with Crippen molar-refractivity contribution >= 4 is 40.9 Å². The van der Waals surface area contributed by atoms with Crippen LogP contribution in [0.3, 0.4) is 0 Å². The van der Waals surface area contributed by atoms with Gasteiger partial charge in [-0.2, -0.15) is 0 Å². The number of likely N-dealkylation sites (tertiary alicyclic amines) is 1. The molecule has 0 N–H and O–H groups in total. The van der Waals surface area contributed by atoms with Crippen LogP contribution in [0.1, 0.15) is 52.5 Å². The van der Waals surface area contributed by atoms with Crippen LogP contribution in [0.2, 0.25) is 10.0 Å². The van der Waals surface area contributed by atoms with Crippen molar-refractivity contribution in [2.45, 2.75) is 32.2 Å². The van der Waals surface area contributed by atoms with Gasteiger partial charge >= 0.3 is 11.9 Å². The Morgan fingerprint density at radius 3 is 2.31 bits per heavy atom. The molecule has 1 fully saturated rings. The summed E-state index contributed by atoms with van der Waals surface area (Å²) in [4.78, 5) is 39.5. The maximum Gasteiger partial charge on any atom is 0.345 e. The number of Topliss-reactive ketones (excluding diaryl/α,β-unsaturated/α-hetero) is 1. The van der Waals surface area contributed by atoms with Crippen LogP contribution in [0, 0.1) is 0 Å². The first kappa shape index (κ1) is 26.8.